The van der Waals surface area contributed by atoms with Crippen molar-refractivity contribution in [1.29, 1.82) is 0 Å². The van der Waals surface area contributed by atoms with Gasteiger partial charge >= 0.3 is 0 Å². The van der Waals surface area contributed by atoms with Crippen LogP contribution in [0.1, 0.15) is 43.9 Å². The number of benzene rings is 1. The summed E-state index contributed by atoms with van der Waals surface area (Å²) in [5, 5.41) is 8.92. The van der Waals surface area contributed by atoms with Crippen molar-refractivity contribution in [3.8, 4) is 5.69 Å². The lowest BCUT2D eigenvalue weighted by Crippen LogP contribution is -2.23. The monoisotopic (exact) mass is 289 g/mol. The van der Waals surface area contributed by atoms with E-state index in [-0.39, 0.29) is 0 Å². The predicted octanol–water partition coefficient (Wildman–Crippen LogP) is 3.90. The number of nitrogens with one attached hydrogen (secondary N) is 1. The average molecular weight is 290 g/mol. The second kappa shape index (κ2) is 5.58. The molecule has 1 aliphatic rings. The van der Waals surface area contributed by atoms with Gasteiger partial charge in [0.25, 0.3) is 0 Å². The van der Waals surface area contributed by atoms with Crippen LogP contribution in [-0.4, -0.2) is 15.8 Å². The van der Waals surface area contributed by atoms with Crippen molar-refractivity contribution in [2.24, 2.45) is 0 Å². The van der Waals surface area contributed by atoms with Crippen molar-refractivity contribution in [2.45, 2.75) is 45.2 Å². The molecular weight excluding hydrogens is 270 g/mol. The van der Waals surface area contributed by atoms with Crippen molar-refractivity contribution in [2.75, 3.05) is 0 Å². The average Bonchev–Trinajstić information content (AvgIpc) is 3.15. The SMILES string of the molecule is CC(C)NCc1c(Cl)cccc1-n1ccc(C2CC2)n1. The molecule has 106 valence electrons. The lowest BCUT2D eigenvalue weighted by atomic mass is 10.1. The minimum absolute atomic E-state index is 0.429. The van der Waals surface area contributed by atoms with E-state index in [1.54, 1.807) is 0 Å². The molecule has 1 fully saturated rings. The summed E-state index contributed by atoms with van der Waals surface area (Å²) in [7, 11) is 0. The minimum atomic E-state index is 0.429. The Hall–Kier alpha value is -1.32. The largest absolute Gasteiger partial charge is 0.310 e. The molecule has 4 heteroatoms. The van der Waals surface area contributed by atoms with Crippen LogP contribution in [0.15, 0.2) is 30.5 Å². The molecular formula is C16H20ClN3. The third kappa shape index (κ3) is 2.89. The molecule has 1 aromatic heterocycles. The van der Waals surface area contributed by atoms with E-state index in [2.05, 4.69) is 31.3 Å². The number of rotatable bonds is 5. The van der Waals surface area contributed by atoms with E-state index in [1.165, 1.54) is 18.5 Å². The highest BCUT2D eigenvalue weighted by Gasteiger charge is 2.26. The van der Waals surface area contributed by atoms with Crippen LogP contribution >= 0.6 is 11.6 Å². The zero-order valence-electron chi connectivity index (χ0n) is 11.9. The number of nitrogens with zero attached hydrogens (tertiary/aromatic N) is 2. The summed E-state index contributed by atoms with van der Waals surface area (Å²) >= 11 is 6.36. The Morgan fingerprint density at radius 1 is 1.35 bits per heavy atom. The molecule has 0 atom stereocenters. The lowest BCUT2D eigenvalue weighted by molar-refractivity contribution is 0.586. The van der Waals surface area contributed by atoms with Crippen molar-refractivity contribution < 1.29 is 0 Å². The fourth-order valence-corrected chi connectivity index (χ4v) is 2.55. The van der Waals surface area contributed by atoms with Crippen molar-refractivity contribution in [3.05, 3.63) is 46.7 Å². The molecule has 20 heavy (non-hydrogen) atoms. The van der Waals surface area contributed by atoms with Crippen LogP contribution in [0, 0.1) is 0 Å². The molecule has 0 aliphatic heterocycles. The first-order chi connectivity index (χ1) is 9.65. The Kier molecular flexibility index (Phi) is 3.81. The molecule has 0 bridgehead atoms. The fourth-order valence-electron chi connectivity index (χ4n) is 2.31. The molecule has 3 nitrogen and oxygen atoms in total. The predicted molar refractivity (Wildman–Crippen MR) is 82.5 cm³/mol. The number of hydrogen-bond donors (Lipinski definition) is 1. The lowest BCUT2D eigenvalue weighted by Gasteiger charge is -2.14. The molecule has 0 saturated heterocycles. The Balaban J connectivity index is 1.92. The highest BCUT2D eigenvalue weighted by atomic mass is 35.5. The molecule has 1 heterocycles. The Morgan fingerprint density at radius 2 is 2.15 bits per heavy atom. The smallest absolute Gasteiger partial charge is 0.0705 e. The first kappa shape index (κ1) is 13.7. The summed E-state index contributed by atoms with van der Waals surface area (Å²) in [6.07, 6.45) is 4.58. The van der Waals surface area contributed by atoms with E-state index in [0.717, 1.165) is 22.8 Å². The summed E-state index contributed by atoms with van der Waals surface area (Å²) in [6.45, 7) is 5.02. The molecule has 0 radical (unpaired) electrons. The van der Waals surface area contributed by atoms with Crippen LogP contribution in [0.5, 0.6) is 0 Å². The molecule has 1 N–H and O–H groups in total. The zero-order valence-corrected chi connectivity index (χ0v) is 12.7. The quantitative estimate of drug-likeness (QED) is 0.905. The van der Waals surface area contributed by atoms with Crippen LogP contribution in [0.2, 0.25) is 5.02 Å². The molecule has 1 aromatic carbocycles. The summed E-state index contributed by atoms with van der Waals surface area (Å²) in [4.78, 5) is 0. The van der Waals surface area contributed by atoms with Gasteiger partial charge in [-0.25, -0.2) is 4.68 Å². The van der Waals surface area contributed by atoms with E-state index >= 15 is 0 Å². The third-order valence-corrected chi connectivity index (χ3v) is 3.99. The molecule has 3 rings (SSSR count). The Bertz CT molecular complexity index is 600. The van der Waals surface area contributed by atoms with Crippen LogP contribution in [-0.2, 0) is 6.54 Å². The maximum Gasteiger partial charge on any atom is 0.0705 e. The summed E-state index contributed by atoms with van der Waals surface area (Å²) in [6, 6.07) is 8.55. The Morgan fingerprint density at radius 3 is 2.85 bits per heavy atom. The Labute approximate surface area is 124 Å². The molecule has 0 amide bonds. The standard InChI is InChI=1S/C16H20ClN3/c1-11(2)18-10-13-14(17)4-3-5-16(13)20-9-8-15(19-20)12-6-7-12/h3-5,8-9,11-12,18H,6-7,10H2,1-2H3. The first-order valence-electron chi connectivity index (χ1n) is 7.22. The van der Waals surface area contributed by atoms with Gasteiger partial charge in [-0.05, 0) is 31.0 Å². The normalized spacial score (nSPS) is 15.0. The van der Waals surface area contributed by atoms with Crippen molar-refractivity contribution in [3.63, 3.8) is 0 Å². The van der Waals surface area contributed by atoms with Gasteiger partial charge in [0, 0.05) is 35.3 Å². The number of halogens is 1. The summed E-state index contributed by atoms with van der Waals surface area (Å²) < 4.78 is 1.96. The molecule has 0 unspecified atom stereocenters. The minimum Gasteiger partial charge on any atom is -0.310 e. The summed E-state index contributed by atoms with van der Waals surface area (Å²) in [5.41, 5.74) is 3.37. The van der Waals surface area contributed by atoms with Gasteiger partial charge in [-0.3, -0.25) is 0 Å². The molecule has 2 aromatic rings. The van der Waals surface area contributed by atoms with Gasteiger partial charge in [0.05, 0.1) is 11.4 Å². The van der Waals surface area contributed by atoms with E-state index in [0.29, 0.717) is 12.0 Å². The first-order valence-corrected chi connectivity index (χ1v) is 7.59. The summed E-state index contributed by atoms with van der Waals surface area (Å²) in [5.74, 6) is 0.674. The number of hydrogen-bond acceptors (Lipinski definition) is 2. The fraction of sp³-hybridized carbons (Fsp3) is 0.438. The van der Waals surface area contributed by atoms with Gasteiger partial charge in [0.2, 0.25) is 0 Å². The van der Waals surface area contributed by atoms with Gasteiger partial charge in [-0.15, -0.1) is 0 Å². The van der Waals surface area contributed by atoms with Crippen LogP contribution < -0.4 is 5.32 Å². The number of aromatic nitrogens is 2. The van der Waals surface area contributed by atoms with Crippen molar-refractivity contribution >= 4 is 11.6 Å². The highest BCUT2D eigenvalue weighted by molar-refractivity contribution is 6.31. The maximum atomic E-state index is 6.36. The van der Waals surface area contributed by atoms with E-state index in [9.17, 15) is 0 Å². The van der Waals surface area contributed by atoms with Crippen LogP contribution in [0.3, 0.4) is 0 Å². The molecule has 1 saturated carbocycles. The van der Waals surface area contributed by atoms with Gasteiger partial charge in [0.1, 0.15) is 0 Å². The topological polar surface area (TPSA) is 29.9 Å². The second-order valence-electron chi connectivity index (χ2n) is 5.73. The van der Waals surface area contributed by atoms with Gasteiger partial charge in [-0.2, -0.15) is 5.10 Å². The zero-order chi connectivity index (χ0) is 14.1. The third-order valence-electron chi connectivity index (χ3n) is 3.63. The maximum absolute atomic E-state index is 6.36. The van der Waals surface area contributed by atoms with E-state index in [4.69, 9.17) is 16.7 Å². The second-order valence-corrected chi connectivity index (χ2v) is 6.14. The van der Waals surface area contributed by atoms with Gasteiger partial charge < -0.3 is 5.32 Å². The molecule has 0 spiro atoms. The highest BCUT2D eigenvalue weighted by Crippen LogP contribution is 2.39. The van der Waals surface area contributed by atoms with E-state index < -0.39 is 0 Å². The van der Waals surface area contributed by atoms with Crippen molar-refractivity contribution in [1.82, 2.24) is 15.1 Å². The molecule has 1 aliphatic carbocycles. The van der Waals surface area contributed by atoms with Gasteiger partial charge in [-0.1, -0.05) is 31.5 Å². The van der Waals surface area contributed by atoms with Crippen LogP contribution in [0.25, 0.3) is 5.69 Å². The van der Waals surface area contributed by atoms with Gasteiger partial charge in [0.15, 0.2) is 0 Å². The van der Waals surface area contributed by atoms with E-state index in [1.807, 2.05) is 23.0 Å². The van der Waals surface area contributed by atoms with Crippen LogP contribution in [0.4, 0.5) is 0 Å².